The van der Waals surface area contributed by atoms with E-state index in [1.165, 1.54) is 43.2 Å². The van der Waals surface area contributed by atoms with Crippen molar-refractivity contribution in [3.8, 4) is 5.69 Å². The number of hydrogen-bond acceptors (Lipinski definition) is 3. The molecule has 0 spiro atoms. The molecule has 37 heavy (non-hydrogen) atoms. The van der Waals surface area contributed by atoms with Gasteiger partial charge in [-0.15, -0.1) is 0 Å². The summed E-state index contributed by atoms with van der Waals surface area (Å²) in [5, 5.41) is 16.9. The number of nitrogens with one attached hydrogen (secondary N) is 2. The van der Waals surface area contributed by atoms with Crippen LogP contribution in [0, 0.1) is 11.7 Å². The number of anilines is 1. The Morgan fingerprint density at radius 3 is 2.59 bits per heavy atom. The van der Waals surface area contributed by atoms with Crippen LogP contribution in [-0.4, -0.2) is 26.9 Å². The number of hydrogen-bond donors (Lipinski definition) is 3. The van der Waals surface area contributed by atoms with Gasteiger partial charge in [0.25, 0.3) is 5.91 Å². The lowest BCUT2D eigenvalue weighted by Gasteiger charge is -2.14. The van der Waals surface area contributed by atoms with E-state index >= 15 is 0 Å². The molecule has 1 saturated carbocycles. The molecule has 1 atom stereocenters. The van der Waals surface area contributed by atoms with Crippen molar-refractivity contribution in [3.05, 3.63) is 76.9 Å². The summed E-state index contributed by atoms with van der Waals surface area (Å²) in [6.45, 7) is -0.107. The van der Waals surface area contributed by atoms with E-state index in [4.69, 9.17) is 5.11 Å². The topological polar surface area (TPSA) is 96.2 Å². The maximum Gasteiger partial charge on any atom is 0.435 e. The Balaban J connectivity index is 1.62. The first-order valence-electron chi connectivity index (χ1n) is 11.5. The Hall–Kier alpha value is -3.41. The SMILES string of the molecule is O=C(O)NCc1cccc(-n2nc(C(F)(F)F)cc2C(=O)Nc2cc(C(Br)CCC3CC3)ccc2F)c1. The summed E-state index contributed by atoms with van der Waals surface area (Å²) in [7, 11) is 0. The van der Waals surface area contributed by atoms with Crippen molar-refractivity contribution >= 4 is 33.6 Å². The van der Waals surface area contributed by atoms with Crippen molar-refractivity contribution < 1.29 is 32.3 Å². The minimum Gasteiger partial charge on any atom is -0.465 e. The Bertz CT molecular complexity index is 1310. The molecule has 0 aliphatic heterocycles. The zero-order chi connectivity index (χ0) is 26.7. The summed E-state index contributed by atoms with van der Waals surface area (Å²) in [4.78, 5) is 23.8. The first-order chi connectivity index (χ1) is 17.5. The van der Waals surface area contributed by atoms with E-state index < -0.39 is 35.4 Å². The number of alkyl halides is 4. The standard InChI is InChI=1S/C25H23BrF4N4O3/c26-18(8-6-14-4-5-14)16-7-9-19(27)20(11-16)32-23(35)21-12-22(25(28,29)30)33-34(21)17-3-1-2-15(10-17)13-31-24(36)37/h1-3,7,9-12,14,18,31H,4-6,8,13H2,(H,32,35)(H,36,37). The molecule has 1 aromatic heterocycles. The van der Waals surface area contributed by atoms with Crippen molar-refractivity contribution in [2.75, 3.05) is 5.32 Å². The van der Waals surface area contributed by atoms with Gasteiger partial charge in [-0.3, -0.25) is 4.79 Å². The molecule has 0 bridgehead atoms. The third-order valence-electron chi connectivity index (χ3n) is 5.96. The van der Waals surface area contributed by atoms with Crippen LogP contribution in [0.2, 0.25) is 0 Å². The van der Waals surface area contributed by atoms with Crippen LogP contribution >= 0.6 is 15.9 Å². The average Bonchev–Trinajstić information content (AvgIpc) is 3.56. The van der Waals surface area contributed by atoms with Gasteiger partial charge in [-0.25, -0.2) is 13.9 Å². The fourth-order valence-electron chi connectivity index (χ4n) is 3.83. The zero-order valence-electron chi connectivity index (χ0n) is 19.4. The van der Waals surface area contributed by atoms with Gasteiger partial charge in [-0.05, 0) is 54.2 Å². The van der Waals surface area contributed by atoms with Gasteiger partial charge in [0.05, 0.1) is 11.4 Å². The number of carbonyl (C=O) groups excluding carboxylic acids is 1. The third-order valence-corrected chi connectivity index (χ3v) is 6.94. The largest absolute Gasteiger partial charge is 0.465 e. The van der Waals surface area contributed by atoms with Gasteiger partial charge in [-0.1, -0.05) is 47.0 Å². The molecular weight excluding hydrogens is 560 g/mol. The average molecular weight is 583 g/mol. The summed E-state index contributed by atoms with van der Waals surface area (Å²) in [5.74, 6) is -1.01. The van der Waals surface area contributed by atoms with Crippen LogP contribution in [0.1, 0.15) is 57.8 Å². The number of rotatable bonds is 9. The van der Waals surface area contributed by atoms with Crippen LogP contribution in [-0.2, 0) is 12.7 Å². The molecule has 3 aromatic rings. The van der Waals surface area contributed by atoms with E-state index in [0.29, 0.717) is 17.5 Å². The zero-order valence-corrected chi connectivity index (χ0v) is 20.9. The molecule has 1 aliphatic carbocycles. The lowest BCUT2D eigenvalue weighted by atomic mass is 10.1. The minimum absolute atomic E-state index is 0.0612. The number of halogens is 5. The molecule has 12 heteroatoms. The Morgan fingerprint density at radius 1 is 1.16 bits per heavy atom. The fourth-order valence-corrected chi connectivity index (χ4v) is 4.38. The van der Waals surface area contributed by atoms with Crippen molar-refractivity contribution in [3.63, 3.8) is 0 Å². The van der Waals surface area contributed by atoms with Gasteiger partial charge in [0, 0.05) is 17.4 Å². The highest BCUT2D eigenvalue weighted by atomic mass is 79.9. The van der Waals surface area contributed by atoms with Crippen LogP contribution in [0.4, 0.5) is 28.0 Å². The second-order valence-corrected chi connectivity index (χ2v) is 9.94. The molecule has 2 aromatic carbocycles. The van der Waals surface area contributed by atoms with E-state index in [0.717, 1.165) is 23.1 Å². The molecule has 196 valence electrons. The predicted molar refractivity (Wildman–Crippen MR) is 131 cm³/mol. The van der Waals surface area contributed by atoms with Gasteiger partial charge < -0.3 is 15.7 Å². The van der Waals surface area contributed by atoms with Gasteiger partial charge in [0.2, 0.25) is 0 Å². The van der Waals surface area contributed by atoms with Gasteiger partial charge in [-0.2, -0.15) is 18.3 Å². The van der Waals surface area contributed by atoms with E-state index in [-0.39, 0.29) is 22.7 Å². The second kappa shape index (κ2) is 10.9. The number of carbonyl (C=O) groups is 2. The molecule has 3 N–H and O–H groups in total. The molecular formula is C25H23BrF4N4O3. The highest BCUT2D eigenvalue weighted by Crippen LogP contribution is 2.39. The number of benzene rings is 2. The quantitative estimate of drug-likeness (QED) is 0.194. The molecule has 1 unspecified atom stereocenters. The van der Waals surface area contributed by atoms with Crippen LogP contribution < -0.4 is 10.6 Å². The molecule has 0 radical (unpaired) electrons. The van der Waals surface area contributed by atoms with E-state index in [1.807, 2.05) is 0 Å². The normalized spacial score (nSPS) is 14.3. The first-order valence-corrected chi connectivity index (χ1v) is 12.4. The number of carboxylic acid groups (broad SMARTS) is 1. The van der Waals surface area contributed by atoms with Crippen LogP contribution in [0.5, 0.6) is 0 Å². The Kier molecular flexibility index (Phi) is 7.86. The van der Waals surface area contributed by atoms with E-state index in [2.05, 4.69) is 31.7 Å². The first kappa shape index (κ1) is 26.6. The van der Waals surface area contributed by atoms with Crippen LogP contribution in [0.3, 0.4) is 0 Å². The summed E-state index contributed by atoms with van der Waals surface area (Å²) >= 11 is 3.59. The lowest BCUT2D eigenvalue weighted by Crippen LogP contribution is -2.20. The lowest BCUT2D eigenvalue weighted by molar-refractivity contribution is -0.141. The number of nitrogens with zero attached hydrogens (tertiary/aromatic N) is 2. The maximum atomic E-state index is 14.6. The molecule has 2 amide bonds. The summed E-state index contributed by atoms with van der Waals surface area (Å²) in [5.41, 5.74) is -0.672. The fraction of sp³-hybridized carbons (Fsp3) is 0.320. The number of amides is 2. The molecule has 4 rings (SSSR count). The van der Waals surface area contributed by atoms with Gasteiger partial charge >= 0.3 is 12.3 Å². The molecule has 7 nitrogen and oxygen atoms in total. The summed E-state index contributed by atoms with van der Waals surface area (Å²) in [6.07, 6.45) is -1.84. The van der Waals surface area contributed by atoms with Crippen molar-refractivity contribution in [1.29, 1.82) is 0 Å². The van der Waals surface area contributed by atoms with Crippen LogP contribution in [0.25, 0.3) is 5.69 Å². The van der Waals surface area contributed by atoms with Gasteiger partial charge in [0.15, 0.2) is 5.69 Å². The molecule has 1 heterocycles. The monoisotopic (exact) mass is 582 g/mol. The third kappa shape index (κ3) is 6.88. The minimum atomic E-state index is -4.83. The van der Waals surface area contributed by atoms with E-state index in [9.17, 15) is 27.2 Å². The van der Waals surface area contributed by atoms with E-state index in [1.54, 1.807) is 12.1 Å². The summed E-state index contributed by atoms with van der Waals surface area (Å²) < 4.78 is 55.8. The van der Waals surface area contributed by atoms with Crippen molar-refractivity contribution in [1.82, 2.24) is 15.1 Å². The van der Waals surface area contributed by atoms with Crippen molar-refractivity contribution in [2.45, 2.75) is 43.2 Å². The highest BCUT2D eigenvalue weighted by Gasteiger charge is 2.36. The molecule has 1 aliphatic rings. The maximum absolute atomic E-state index is 14.6. The molecule has 1 fully saturated rings. The number of aromatic nitrogens is 2. The predicted octanol–water partition coefficient (Wildman–Crippen LogP) is 6.68. The Morgan fingerprint density at radius 2 is 1.92 bits per heavy atom. The van der Waals surface area contributed by atoms with Gasteiger partial charge in [0.1, 0.15) is 11.5 Å². The summed E-state index contributed by atoms with van der Waals surface area (Å²) in [6, 6.07) is 10.7. The Labute approximate surface area is 218 Å². The second-order valence-electron chi connectivity index (χ2n) is 8.83. The van der Waals surface area contributed by atoms with Crippen molar-refractivity contribution in [2.24, 2.45) is 5.92 Å². The van der Waals surface area contributed by atoms with Crippen LogP contribution in [0.15, 0.2) is 48.5 Å². The smallest absolute Gasteiger partial charge is 0.435 e. The highest BCUT2D eigenvalue weighted by molar-refractivity contribution is 9.09. The molecule has 0 saturated heterocycles.